The van der Waals surface area contributed by atoms with Crippen LogP contribution < -0.4 is 5.56 Å². The fourth-order valence-corrected chi connectivity index (χ4v) is 2.17. The molecule has 2 heterocycles. The third-order valence-corrected chi connectivity index (χ3v) is 3.03. The van der Waals surface area contributed by atoms with Gasteiger partial charge in [0.15, 0.2) is 0 Å². The van der Waals surface area contributed by atoms with E-state index in [4.69, 9.17) is 11.6 Å². The SMILES string of the molecule is O=c1cc(-c2ccncc2)c2cc(Cl)ccc2[nH]1. The molecule has 0 bridgehead atoms. The second-order valence-corrected chi connectivity index (χ2v) is 4.41. The van der Waals surface area contributed by atoms with E-state index in [0.717, 1.165) is 22.0 Å². The van der Waals surface area contributed by atoms with Gasteiger partial charge in [0.05, 0.1) is 0 Å². The summed E-state index contributed by atoms with van der Waals surface area (Å²) < 4.78 is 0. The standard InChI is InChI=1S/C14H9ClN2O/c15-10-1-2-13-12(7-10)11(8-14(18)17-13)9-3-5-16-6-4-9/h1-8H,(H,17,18). The molecular formula is C14H9ClN2O. The average Bonchev–Trinajstić information content (AvgIpc) is 2.39. The van der Waals surface area contributed by atoms with Gasteiger partial charge < -0.3 is 4.98 Å². The number of pyridine rings is 2. The molecule has 0 radical (unpaired) electrons. The zero-order valence-corrected chi connectivity index (χ0v) is 10.1. The molecule has 1 N–H and O–H groups in total. The van der Waals surface area contributed by atoms with Crippen LogP contribution in [0.3, 0.4) is 0 Å². The molecule has 0 amide bonds. The number of fused-ring (bicyclic) bond motifs is 1. The Kier molecular flexibility index (Phi) is 2.61. The summed E-state index contributed by atoms with van der Waals surface area (Å²) in [6, 6.07) is 10.7. The number of H-pyrrole nitrogens is 1. The molecule has 1 aromatic carbocycles. The average molecular weight is 257 g/mol. The molecule has 0 unspecified atom stereocenters. The third kappa shape index (κ3) is 1.89. The van der Waals surface area contributed by atoms with Crippen molar-refractivity contribution < 1.29 is 0 Å². The van der Waals surface area contributed by atoms with Crippen LogP contribution in [0.2, 0.25) is 5.02 Å². The lowest BCUT2D eigenvalue weighted by Gasteiger charge is -2.06. The van der Waals surface area contributed by atoms with Crippen molar-refractivity contribution in [2.45, 2.75) is 0 Å². The number of nitrogens with zero attached hydrogens (tertiary/aromatic N) is 1. The van der Waals surface area contributed by atoms with Crippen molar-refractivity contribution in [3.05, 3.63) is 64.2 Å². The summed E-state index contributed by atoms with van der Waals surface area (Å²) in [5.41, 5.74) is 2.46. The molecule has 2 aromatic heterocycles. The second-order valence-electron chi connectivity index (χ2n) is 3.97. The van der Waals surface area contributed by atoms with Crippen LogP contribution in [-0.4, -0.2) is 9.97 Å². The first kappa shape index (κ1) is 11.0. The van der Waals surface area contributed by atoms with Gasteiger partial charge in [0.1, 0.15) is 0 Å². The number of hydrogen-bond acceptors (Lipinski definition) is 2. The molecular weight excluding hydrogens is 248 g/mol. The molecule has 0 aliphatic rings. The first-order valence-electron chi connectivity index (χ1n) is 5.47. The Morgan fingerprint density at radius 2 is 1.83 bits per heavy atom. The van der Waals surface area contributed by atoms with E-state index in [1.54, 1.807) is 24.5 Å². The zero-order chi connectivity index (χ0) is 12.5. The van der Waals surface area contributed by atoms with Crippen LogP contribution in [0.25, 0.3) is 22.0 Å². The zero-order valence-electron chi connectivity index (χ0n) is 9.35. The first-order valence-corrected chi connectivity index (χ1v) is 5.85. The lowest BCUT2D eigenvalue weighted by atomic mass is 10.0. The van der Waals surface area contributed by atoms with Crippen molar-refractivity contribution in [3.63, 3.8) is 0 Å². The first-order chi connectivity index (χ1) is 8.74. The van der Waals surface area contributed by atoms with Gasteiger partial charge in [-0.25, -0.2) is 0 Å². The summed E-state index contributed by atoms with van der Waals surface area (Å²) in [7, 11) is 0. The van der Waals surface area contributed by atoms with Crippen LogP contribution in [0, 0.1) is 0 Å². The molecule has 0 aliphatic heterocycles. The molecule has 88 valence electrons. The second kappa shape index (κ2) is 4.27. The molecule has 4 heteroatoms. The van der Waals surface area contributed by atoms with E-state index in [9.17, 15) is 4.79 Å². The summed E-state index contributed by atoms with van der Waals surface area (Å²) in [4.78, 5) is 18.4. The molecule has 0 saturated heterocycles. The van der Waals surface area contributed by atoms with Gasteiger partial charge in [0.25, 0.3) is 0 Å². The van der Waals surface area contributed by atoms with Crippen molar-refractivity contribution in [3.8, 4) is 11.1 Å². The highest BCUT2D eigenvalue weighted by molar-refractivity contribution is 6.31. The van der Waals surface area contributed by atoms with Gasteiger partial charge in [-0.3, -0.25) is 9.78 Å². The van der Waals surface area contributed by atoms with E-state index in [-0.39, 0.29) is 5.56 Å². The normalized spacial score (nSPS) is 10.7. The van der Waals surface area contributed by atoms with Crippen LogP contribution in [0.1, 0.15) is 0 Å². The predicted molar refractivity (Wildman–Crippen MR) is 72.8 cm³/mol. The Morgan fingerprint density at radius 3 is 2.61 bits per heavy atom. The molecule has 0 spiro atoms. The van der Waals surface area contributed by atoms with Gasteiger partial charge in [0.2, 0.25) is 5.56 Å². The minimum Gasteiger partial charge on any atom is -0.322 e. The number of hydrogen-bond donors (Lipinski definition) is 1. The molecule has 3 aromatic rings. The molecule has 0 fully saturated rings. The maximum absolute atomic E-state index is 11.7. The Balaban J connectivity index is 2.41. The van der Waals surface area contributed by atoms with Crippen LogP contribution >= 0.6 is 11.6 Å². The highest BCUT2D eigenvalue weighted by Gasteiger charge is 2.06. The number of halogens is 1. The van der Waals surface area contributed by atoms with Gasteiger partial charge in [-0.05, 0) is 41.5 Å². The minimum atomic E-state index is -0.128. The van der Waals surface area contributed by atoms with E-state index in [1.807, 2.05) is 24.3 Å². The molecule has 3 rings (SSSR count). The molecule has 0 saturated carbocycles. The maximum atomic E-state index is 11.7. The summed E-state index contributed by atoms with van der Waals surface area (Å²) in [6.45, 7) is 0. The Morgan fingerprint density at radius 1 is 1.06 bits per heavy atom. The smallest absolute Gasteiger partial charge is 0.249 e. The fraction of sp³-hybridized carbons (Fsp3) is 0. The molecule has 3 nitrogen and oxygen atoms in total. The van der Waals surface area contributed by atoms with Crippen LogP contribution in [0.4, 0.5) is 0 Å². The molecule has 18 heavy (non-hydrogen) atoms. The van der Waals surface area contributed by atoms with Gasteiger partial charge in [-0.2, -0.15) is 0 Å². The van der Waals surface area contributed by atoms with E-state index in [1.165, 1.54) is 0 Å². The summed E-state index contributed by atoms with van der Waals surface area (Å²) in [5, 5.41) is 1.57. The van der Waals surface area contributed by atoms with Gasteiger partial charge in [0, 0.05) is 34.4 Å². The van der Waals surface area contributed by atoms with Crippen molar-refractivity contribution in [1.82, 2.24) is 9.97 Å². The van der Waals surface area contributed by atoms with Crippen molar-refractivity contribution >= 4 is 22.5 Å². The van der Waals surface area contributed by atoms with Gasteiger partial charge >= 0.3 is 0 Å². The number of benzene rings is 1. The predicted octanol–water partition coefficient (Wildman–Crippen LogP) is 3.24. The van der Waals surface area contributed by atoms with Crippen LogP contribution in [0.5, 0.6) is 0 Å². The third-order valence-electron chi connectivity index (χ3n) is 2.80. The largest absolute Gasteiger partial charge is 0.322 e. The number of aromatic amines is 1. The Labute approximate surface area is 108 Å². The highest BCUT2D eigenvalue weighted by atomic mass is 35.5. The highest BCUT2D eigenvalue weighted by Crippen LogP contribution is 2.27. The molecule has 0 atom stereocenters. The van der Waals surface area contributed by atoms with Crippen LogP contribution in [0.15, 0.2) is 53.6 Å². The maximum Gasteiger partial charge on any atom is 0.249 e. The fourth-order valence-electron chi connectivity index (χ4n) is 2.00. The van der Waals surface area contributed by atoms with Crippen molar-refractivity contribution in [2.75, 3.05) is 0 Å². The van der Waals surface area contributed by atoms with E-state index in [2.05, 4.69) is 9.97 Å². The summed E-state index contributed by atoms with van der Waals surface area (Å²) in [6.07, 6.45) is 3.40. The number of nitrogens with one attached hydrogen (secondary N) is 1. The lowest BCUT2D eigenvalue weighted by molar-refractivity contribution is 1.30. The topological polar surface area (TPSA) is 45.8 Å². The lowest BCUT2D eigenvalue weighted by Crippen LogP contribution is -2.04. The van der Waals surface area contributed by atoms with E-state index >= 15 is 0 Å². The quantitative estimate of drug-likeness (QED) is 0.726. The van der Waals surface area contributed by atoms with Crippen LogP contribution in [-0.2, 0) is 0 Å². The van der Waals surface area contributed by atoms with E-state index in [0.29, 0.717) is 5.02 Å². The number of aromatic nitrogens is 2. The van der Waals surface area contributed by atoms with Crippen molar-refractivity contribution in [1.29, 1.82) is 0 Å². The number of rotatable bonds is 1. The van der Waals surface area contributed by atoms with Gasteiger partial charge in [-0.1, -0.05) is 11.6 Å². The Hall–Kier alpha value is -2.13. The minimum absolute atomic E-state index is 0.128. The Bertz CT molecular complexity index is 766. The summed E-state index contributed by atoms with van der Waals surface area (Å²) >= 11 is 6.01. The van der Waals surface area contributed by atoms with Crippen molar-refractivity contribution in [2.24, 2.45) is 0 Å². The monoisotopic (exact) mass is 256 g/mol. The summed E-state index contributed by atoms with van der Waals surface area (Å²) in [5.74, 6) is 0. The molecule has 0 aliphatic carbocycles. The van der Waals surface area contributed by atoms with Gasteiger partial charge in [-0.15, -0.1) is 0 Å². The van der Waals surface area contributed by atoms with E-state index < -0.39 is 0 Å².